The molecular formula is C13H16N2O3S. The van der Waals surface area contributed by atoms with Crippen molar-refractivity contribution >= 4 is 10.0 Å². The summed E-state index contributed by atoms with van der Waals surface area (Å²) in [6.07, 6.45) is 2.42. The Labute approximate surface area is 113 Å². The van der Waals surface area contributed by atoms with Gasteiger partial charge in [0.25, 0.3) is 0 Å². The Morgan fingerprint density at radius 1 is 1.37 bits per heavy atom. The number of rotatable bonds is 7. The molecule has 0 amide bonds. The van der Waals surface area contributed by atoms with E-state index in [9.17, 15) is 8.42 Å². The molecule has 102 valence electrons. The predicted octanol–water partition coefficient (Wildman–Crippen LogP) is 1.26. The highest BCUT2D eigenvalue weighted by atomic mass is 32.2. The number of nitrogens with zero attached hydrogens (tertiary/aromatic N) is 1. The largest absolute Gasteiger partial charge is 0.380 e. The van der Waals surface area contributed by atoms with Crippen molar-refractivity contribution in [3.05, 3.63) is 29.8 Å². The minimum Gasteiger partial charge on any atom is -0.380 e. The Hall–Kier alpha value is -1.42. The molecule has 0 bridgehead atoms. The molecule has 0 radical (unpaired) electrons. The van der Waals surface area contributed by atoms with Crippen molar-refractivity contribution in [2.75, 3.05) is 19.8 Å². The van der Waals surface area contributed by atoms with Crippen LogP contribution in [-0.4, -0.2) is 28.2 Å². The van der Waals surface area contributed by atoms with Gasteiger partial charge in [-0.15, -0.1) is 0 Å². The summed E-state index contributed by atoms with van der Waals surface area (Å²) in [5.74, 6) is 0.663. The number of ether oxygens (including phenoxy) is 1. The first kappa shape index (κ1) is 14.0. The highest BCUT2D eigenvalue weighted by Crippen LogP contribution is 2.28. The van der Waals surface area contributed by atoms with Gasteiger partial charge in [-0.05, 0) is 30.9 Å². The summed E-state index contributed by atoms with van der Waals surface area (Å²) in [6, 6.07) is 8.01. The molecule has 1 aromatic rings. The molecule has 1 fully saturated rings. The Morgan fingerprint density at radius 3 is 2.79 bits per heavy atom. The van der Waals surface area contributed by atoms with E-state index in [2.05, 4.69) is 4.72 Å². The van der Waals surface area contributed by atoms with E-state index >= 15 is 0 Å². The zero-order valence-electron chi connectivity index (χ0n) is 10.5. The fraction of sp³-hybridized carbons (Fsp3) is 0.462. The van der Waals surface area contributed by atoms with E-state index in [1.54, 1.807) is 12.1 Å². The second-order valence-electron chi connectivity index (χ2n) is 4.52. The molecule has 1 aromatic carbocycles. The van der Waals surface area contributed by atoms with Crippen LogP contribution in [0.4, 0.5) is 0 Å². The monoisotopic (exact) mass is 280 g/mol. The summed E-state index contributed by atoms with van der Waals surface area (Å²) in [5.41, 5.74) is 0.147. The number of hydrogen-bond donors (Lipinski definition) is 1. The van der Waals surface area contributed by atoms with Crippen molar-refractivity contribution in [3.8, 4) is 6.07 Å². The molecule has 0 atom stereocenters. The van der Waals surface area contributed by atoms with Gasteiger partial charge in [0.2, 0.25) is 10.0 Å². The van der Waals surface area contributed by atoms with E-state index in [0.717, 1.165) is 0 Å². The second-order valence-corrected chi connectivity index (χ2v) is 6.26. The van der Waals surface area contributed by atoms with E-state index in [0.29, 0.717) is 19.1 Å². The molecule has 1 saturated carbocycles. The Morgan fingerprint density at radius 2 is 2.11 bits per heavy atom. The van der Waals surface area contributed by atoms with Crippen LogP contribution in [-0.2, 0) is 14.8 Å². The van der Waals surface area contributed by atoms with Crippen LogP contribution in [0, 0.1) is 17.2 Å². The molecule has 2 rings (SSSR count). The summed E-state index contributed by atoms with van der Waals surface area (Å²) >= 11 is 0. The zero-order chi connectivity index (χ0) is 13.7. The van der Waals surface area contributed by atoms with Gasteiger partial charge < -0.3 is 4.74 Å². The maximum Gasteiger partial charge on any atom is 0.241 e. The van der Waals surface area contributed by atoms with Crippen LogP contribution in [0.2, 0.25) is 0 Å². The highest BCUT2D eigenvalue weighted by molar-refractivity contribution is 7.89. The standard InChI is InChI=1S/C13H16N2O3S/c14-9-12-3-1-2-4-13(12)19(16,17)15-7-8-18-10-11-5-6-11/h1-4,11,15H,5-8,10H2. The van der Waals surface area contributed by atoms with Crippen molar-refractivity contribution in [1.82, 2.24) is 4.72 Å². The number of nitrogens with one attached hydrogen (secondary N) is 1. The van der Waals surface area contributed by atoms with Gasteiger partial charge in [-0.3, -0.25) is 0 Å². The van der Waals surface area contributed by atoms with Crippen molar-refractivity contribution in [1.29, 1.82) is 5.26 Å². The number of hydrogen-bond acceptors (Lipinski definition) is 4. The summed E-state index contributed by atoms with van der Waals surface area (Å²) < 4.78 is 31.8. The molecule has 6 heteroatoms. The molecule has 1 N–H and O–H groups in total. The van der Waals surface area contributed by atoms with Crippen LogP contribution in [0.25, 0.3) is 0 Å². The van der Waals surface area contributed by atoms with E-state index in [1.165, 1.54) is 25.0 Å². The van der Waals surface area contributed by atoms with E-state index < -0.39 is 10.0 Å². The van der Waals surface area contributed by atoms with Gasteiger partial charge in [-0.25, -0.2) is 13.1 Å². The molecule has 1 aliphatic carbocycles. The van der Waals surface area contributed by atoms with Crippen molar-refractivity contribution < 1.29 is 13.2 Å². The van der Waals surface area contributed by atoms with Gasteiger partial charge in [0.1, 0.15) is 6.07 Å². The Bertz CT molecular complexity index is 574. The predicted molar refractivity (Wildman–Crippen MR) is 69.9 cm³/mol. The van der Waals surface area contributed by atoms with Crippen LogP contribution >= 0.6 is 0 Å². The zero-order valence-corrected chi connectivity index (χ0v) is 11.3. The molecule has 0 unspecified atom stereocenters. The smallest absolute Gasteiger partial charge is 0.241 e. The third kappa shape index (κ3) is 4.03. The van der Waals surface area contributed by atoms with Crippen molar-refractivity contribution in [3.63, 3.8) is 0 Å². The molecule has 19 heavy (non-hydrogen) atoms. The van der Waals surface area contributed by atoms with E-state index in [-0.39, 0.29) is 17.0 Å². The lowest BCUT2D eigenvalue weighted by Crippen LogP contribution is -2.28. The van der Waals surface area contributed by atoms with Gasteiger partial charge in [0.05, 0.1) is 17.1 Å². The molecule has 0 heterocycles. The summed E-state index contributed by atoms with van der Waals surface area (Å²) in [5, 5.41) is 8.89. The SMILES string of the molecule is N#Cc1ccccc1S(=O)(=O)NCCOCC1CC1. The van der Waals surface area contributed by atoms with Crippen molar-refractivity contribution in [2.24, 2.45) is 5.92 Å². The van der Waals surface area contributed by atoms with E-state index in [4.69, 9.17) is 10.00 Å². The summed E-state index contributed by atoms with van der Waals surface area (Å²) in [4.78, 5) is 0.0136. The maximum atomic E-state index is 12.0. The van der Waals surface area contributed by atoms with Crippen LogP contribution in [0.3, 0.4) is 0 Å². The van der Waals surface area contributed by atoms with Gasteiger partial charge >= 0.3 is 0 Å². The fourth-order valence-electron chi connectivity index (χ4n) is 1.65. The van der Waals surface area contributed by atoms with Crippen LogP contribution in [0.15, 0.2) is 29.2 Å². The van der Waals surface area contributed by atoms with Gasteiger partial charge in [-0.2, -0.15) is 5.26 Å². The number of sulfonamides is 1. The molecular weight excluding hydrogens is 264 g/mol. The topological polar surface area (TPSA) is 79.2 Å². The first-order valence-corrected chi connectivity index (χ1v) is 7.68. The van der Waals surface area contributed by atoms with E-state index in [1.807, 2.05) is 6.07 Å². The molecule has 0 aromatic heterocycles. The molecule has 0 saturated heterocycles. The highest BCUT2D eigenvalue weighted by Gasteiger charge is 2.21. The summed E-state index contributed by atoms with van der Waals surface area (Å²) in [7, 11) is -3.64. The third-order valence-electron chi connectivity index (χ3n) is 2.89. The molecule has 0 aliphatic heterocycles. The quantitative estimate of drug-likeness (QED) is 0.763. The third-order valence-corrected chi connectivity index (χ3v) is 4.41. The lowest BCUT2D eigenvalue weighted by Gasteiger charge is -2.08. The van der Waals surface area contributed by atoms with Gasteiger partial charge in [-0.1, -0.05) is 12.1 Å². The number of nitriles is 1. The minimum atomic E-state index is -3.64. The van der Waals surface area contributed by atoms with Gasteiger partial charge in [0, 0.05) is 13.2 Å². The van der Waals surface area contributed by atoms with Crippen molar-refractivity contribution in [2.45, 2.75) is 17.7 Å². The Balaban J connectivity index is 1.88. The van der Waals surface area contributed by atoms with Crippen LogP contribution in [0.1, 0.15) is 18.4 Å². The van der Waals surface area contributed by atoms with Crippen LogP contribution in [0.5, 0.6) is 0 Å². The lowest BCUT2D eigenvalue weighted by atomic mass is 10.2. The van der Waals surface area contributed by atoms with Crippen LogP contribution < -0.4 is 4.72 Å². The molecule has 1 aliphatic rings. The minimum absolute atomic E-state index is 0.0136. The maximum absolute atomic E-state index is 12.0. The number of benzene rings is 1. The average Bonchev–Trinajstić information content (AvgIpc) is 3.22. The normalized spacial score (nSPS) is 15.1. The first-order chi connectivity index (χ1) is 9.13. The fourth-order valence-corrected chi connectivity index (χ4v) is 2.82. The molecule has 0 spiro atoms. The molecule has 5 nitrogen and oxygen atoms in total. The first-order valence-electron chi connectivity index (χ1n) is 6.20. The Kier molecular flexibility index (Phi) is 4.53. The average molecular weight is 280 g/mol. The van der Waals surface area contributed by atoms with Gasteiger partial charge in [0.15, 0.2) is 0 Å². The lowest BCUT2D eigenvalue weighted by molar-refractivity contribution is 0.129. The summed E-state index contributed by atoms with van der Waals surface area (Å²) in [6.45, 7) is 1.27. The second kappa shape index (κ2) is 6.15.